The van der Waals surface area contributed by atoms with Crippen LogP contribution < -0.4 is 5.32 Å². The molecule has 0 radical (unpaired) electrons. The number of ether oxygens (including phenoxy) is 1. The van der Waals surface area contributed by atoms with Crippen LogP contribution in [0.25, 0.3) is 10.9 Å². The van der Waals surface area contributed by atoms with Crippen molar-refractivity contribution in [3.63, 3.8) is 0 Å². The predicted molar refractivity (Wildman–Crippen MR) is 122 cm³/mol. The Bertz CT molecular complexity index is 1120. The third kappa shape index (κ3) is 4.80. The molecule has 5 nitrogen and oxygen atoms in total. The molecule has 7 heteroatoms. The number of hydrogen-bond donors (Lipinski definition) is 1. The van der Waals surface area contributed by atoms with Gasteiger partial charge >= 0.3 is 5.97 Å². The molecular weight excluding hydrogens is 431 g/mol. The van der Waals surface area contributed by atoms with Crippen LogP contribution >= 0.6 is 11.6 Å². The highest BCUT2D eigenvalue weighted by atomic mass is 35.5. The number of amides is 1. The smallest absolute Gasteiger partial charge is 0.308 e. The number of halogens is 2. The number of carbonyl (C=O) groups is 2. The highest BCUT2D eigenvalue weighted by Crippen LogP contribution is 2.29. The summed E-state index contributed by atoms with van der Waals surface area (Å²) in [7, 11) is 1.42. The van der Waals surface area contributed by atoms with E-state index in [-0.39, 0.29) is 23.6 Å². The predicted octanol–water partition coefficient (Wildman–Crippen LogP) is 5.19. The van der Waals surface area contributed by atoms with Gasteiger partial charge in [0, 0.05) is 29.7 Å². The summed E-state index contributed by atoms with van der Waals surface area (Å²) in [4.78, 5) is 24.7. The number of esters is 1. The zero-order valence-electron chi connectivity index (χ0n) is 17.9. The molecule has 0 atom stereocenters. The molecule has 0 spiro atoms. The first-order chi connectivity index (χ1) is 15.5. The molecule has 0 unspecified atom stereocenters. The average Bonchev–Trinajstić information content (AvgIpc) is 3.23. The van der Waals surface area contributed by atoms with E-state index < -0.39 is 0 Å². The first kappa shape index (κ1) is 22.3. The fourth-order valence-corrected chi connectivity index (χ4v) is 4.62. The van der Waals surface area contributed by atoms with E-state index in [2.05, 4.69) is 5.32 Å². The van der Waals surface area contributed by atoms with Crippen molar-refractivity contribution in [3.8, 4) is 0 Å². The van der Waals surface area contributed by atoms with Crippen molar-refractivity contribution in [1.82, 2.24) is 9.88 Å². The van der Waals surface area contributed by atoms with E-state index in [9.17, 15) is 14.0 Å². The quantitative estimate of drug-likeness (QED) is 0.519. The molecule has 1 saturated carbocycles. The Hall–Kier alpha value is -2.86. The first-order valence-corrected chi connectivity index (χ1v) is 11.2. The molecule has 168 valence electrons. The molecule has 0 aliphatic heterocycles. The molecule has 1 amide bonds. The number of carbonyl (C=O) groups excluding carboxylic acids is 2. The van der Waals surface area contributed by atoms with E-state index in [0.717, 1.165) is 31.2 Å². The third-order valence-electron chi connectivity index (χ3n) is 6.32. The summed E-state index contributed by atoms with van der Waals surface area (Å²) in [5.41, 5.74) is 2.03. The van der Waals surface area contributed by atoms with Gasteiger partial charge in [-0.2, -0.15) is 0 Å². The number of nitrogens with zero attached hydrogens (tertiary/aromatic N) is 1. The van der Waals surface area contributed by atoms with Gasteiger partial charge in [-0.3, -0.25) is 9.59 Å². The summed E-state index contributed by atoms with van der Waals surface area (Å²) >= 11 is 5.97. The molecule has 1 N–H and O–H groups in total. The molecule has 32 heavy (non-hydrogen) atoms. The highest BCUT2D eigenvalue weighted by Gasteiger charge is 2.27. The lowest BCUT2D eigenvalue weighted by atomic mass is 9.82. The Morgan fingerprint density at radius 2 is 1.81 bits per heavy atom. The van der Waals surface area contributed by atoms with Crippen LogP contribution in [0.15, 0.2) is 48.7 Å². The maximum Gasteiger partial charge on any atom is 0.308 e. The van der Waals surface area contributed by atoms with Crippen molar-refractivity contribution < 1.29 is 18.7 Å². The van der Waals surface area contributed by atoms with Crippen molar-refractivity contribution in [2.45, 2.75) is 32.2 Å². The Balaban J connectivity index is 1.48. The van der Waals surface area contributed by atoms with E-state index in [1.807, 2.05) is 28.8 Å². The minimum absolute atomic E-state index is 0.0418. The molecular formula is C25H26ClFN2O3. The number of aromatic nitrogens is 1. The van der Waals surface area contributed by atoms with E-state index in [1.54, 1.807) is 18.3 Å². The molecule has 0 saturated heterocycles. The van der Waals surface area contributed by atoms with E-state index in [4.69, 9.17) is 16.3 Å². The lowest BCUT2D eigenvalue weighted by molar-refractivity contribution is -0.146. The summed E-state index contributed by atoms with van der Waals surface area (Å²) < 4.78 is 21.2. The van der Waals surface area contributed by atoms with Crippen molar-refractivity contribution >= 4 is 34.4 Å². The van der Waals surface area contributed by atoms with Crippen LogP contribution in [0.4, 0.5) is 4.39 Å². The number of benzene rings is 2. The second kappa shape index (κ2) is 9.74. The minimum atomic E-state index is -0.354. The van der Waals surface area contributed by atoms with Crippen LogP contribution in [0.1, 0.15) is 41.6 Å². The van der Waals surface area contributed by atoms with Crippen molar-refractivity contribution in [2.75, 3.05) is 13.7 Å². The van der Waals surface area contributed by atoms with Gasteiger partial charge in [-0.05, 0) is 67.5 Å². The van der Waals surface area contributed by atoms with Gasteiger partial charge in [0.25, 0.3) is 5.91 Å². The number of nitrogens with one attached hydrogen (secondary N) is 1. The van der Waals surface area contributed by atoms with Crippen LogP contribution in [0.2, 0.25) is 5.02 Å². The number of hydrogen-bond acceptors (Lipinski definition) is 3. The summed E-state index contributed by atoms with van der Waals surface area (Å²) in [5, 5.41) is 4.09. The van der Waals surface area contributed by atoms with Crippen LogP contribution in [0.5, 0.6) is 0 Å². The maximum absolute atomic E-state index is 14.4. The number of fused-ring (bicyclic) bond motifs is 1. The third-order valence-corrected chi connectivity index (χ3v) is 6.57. The zero-order valence-corrected chi connectivity index (χ0v) is 18.7. The summed E-state index contributed by atoms with van der Waals surface area (Å²) in [6, 6.07) is 12.0. The highest BCUT2D eigenvalue weighted by molar-refractivity contribution is 6.30. The van der Waals surface area contributed by atoms with Gasteiger partial charge < -0.3 is 14.6 Å². The fourth-order valence-electron chi connectivity index (χ4n) is 4.49. The number of rotatable bonds is 6. The molecule has 0 bridgehead atoms. The van der Waals surface area contributed by atoms with Crippen molar-refractivity contribution in [2.24, 2.45) is 11.8 Å². The largest absolute Gasteiger partial charge is 0.469 e. The Kier molecular flexibility index (Phi) is 6.80. The Labute approximate surface area is 191 Å². The molecule has 3 aromatic rings. The monoisotopic (exact) mass is 456 g/mol. The molecule has 1 aromatic heterocycles. The molecule has 1 aliphatic carbocycles. The summed E-state index contributed by atoms with van der Waals surface area (Å²) in [5.74, 6) is -0.451. The SMILES string of the molecule is COC(=O)C1CCC(CNC(=O)c2ccc(F)c3ccn(Cc4ccc(Cl)cc4)c23)CC1. The van der Waals surface area contributed by atoms with E-state index in [1.165, 1.54) is 13.2 Å². The van der Waals surface area contributed by atoms with E-state index in [0.29, 0.717) is 40.5 Å². The molecule has 2 aromatic carbocycles. The maximum atomic E-state index is 14.4. The van der Waals surface area contributed by atoms with Crippen LogP contribution in [-0.2, 0) is 16.1 Å². The molecule has 1 fully saturated rings. The fraction of sp³-hybridized carbons (Fsp3) is 0.360. The minimum Gasteiger partial charge on any atom is -0.469 e. The summed E-state index contributed by atoms with van der Waals surface area (Å²) in [6.45, 7) is 1.03. The first-order valence-electron chi connectivity index (χ1n) is 10.8. The normalized spacial score (nSPS) is 18.5. The van der Waals surface area contributed by atoms with Crippen molar-refractivity contribution in [1.29, 1.82) is 0 Å². The van der Waals surface area contributed by atoms with Crippen LogP contribution in [-0.4, -0.2) is 30.1 Å². The molecule has 4 rings (SSSR count). The topological polar surface area (TPSA) is 60.3 Å². The zero-order chi connectivity index (χ0) is 22.7. The Morgan fingerprint density at radius 1 is 1.09 bits per heavy atom. The van der Waals surface area contributed by atoms with Crippen molar-refractivity contribution in [3.05, 3.63) is 70.6 Å². The standard InChI is InChI=1S/C25H26ClFN2O3/c1-32-25(31)18-6-2-16(3-7-18)14-28-24(30)21-10-11-22(27)20-12-13-29(23(20)21)15-17-4-8-19(26)9-5-17/h4-5,8-13,16,18H,2-3,6-7,14-15H2,1H3,(H,28,30). The lowest BCUT2D eigenvalue weighted by Crippen LogP contribution is -2.33. The summed E-state index contributed by atoms with van der Waals surface area (Å²) in [6.07, 6.45) is 5.08. The van der Waals surface area contributed by atoms with Gasteiger partial charge in [-0.1, -0.05) is 23.7 Å². The Morgan fingerprint density at radius 3 is 2.50 bits per heavy atom. The molecule has 1 aliphatic rings. The van der Waals surface area contributed by atoms with Gasteiger partial charge in [-0.25, -0.2) is 4.39 Å². The van der Waals surface area contributed by atoms with Gasteiger partial charge in [0.15, 0.2) is 0 Å². The average molecular weight is 457 g/mol. The van der Waals surface area contributed by atoms with Crippen LogP contribution in [0, 0.1) is 17.7 Å². The van der Waals surface area contributed by atoms with Crippen LogP contribution in [0.3, 0.4) is 0 Å². The van der Waals surface area contributed by atoms with Gasteiger partial charge in [0.05, 0.1) is 24.1 Å². The second-order valence-corrected chi connectivity index (χ2v) is 8.81. The lowest BCUT2D eigenvalue weighted by Gasteiger charge is -2.27. The van der Waals surface area contributed by atoms with Gasteiger partial charge in [0.1, 0.15) is 5.82 Å². The van der Waals surface area contributed by atoms with Gasteiger partial charge in [-0.15, -0.1) is 0 Å². The second-order valence-electron chi connectivity index (χ2n) is 8.38. The number of methoxy groups -OCH3 is 1. The van der Waals surface area contributed by atoms with E-state index >= 15 is 0 Å². The van der Waals surface area contributed by atoms with Gasteiger partial charge in [0.2, 0.25) is 0 Å². The molecule has 1 heterocycles.